The molecular formula is C14H19FN2O2. The van der Waals surface area contributed by atoms with Crippen LogP contribution in [0.1, 0.15) is 26.2 Å². The lowest BCUT2D eigenvalue weighted by Gasteiger charge is -2.22. The first-order chi connectivity index (χ1) is 9.17. The Hall–Kier alpha value is -1.49. The van der Waals surface area contributed by atoms with Crippen LogP contribution in [0.25, 0.3) is 0 Å². The van der Waals surface area contributed by atoms with E-state index in [0.29, 0.717) is 18.4 Å². The minimum atomic E-state index is -0.422. The van der Waals surface area contributed by atoms with Crippen LogP contribution >= 0.6 is 0 Å². The van der Waals surface area contributed by atoms with Gasteiger partial charge in [-0.25, -0.2) is 4.39 Å². The fourth-order valence-electron chi connectivity index (χ4n) is 2.95. The Bertz CT molecular complexity index is 481. The molecule has 3 unspecified atom stereocenters. The highest BCUT2D eigenvalue weighted by Crippen LogP contribution is 2.37. The van der Waals surface area contributed by atoms with Gasteiger partial charge in [0.15, 0.2) is 11.6 Å². The van der Waals surface area contributed by atoms with Gasteiger partial charge in [0.2, 0.25) is 0 Å². The SMILES string of the molecule is CCOc1cc(NC2CC3CCC2O3)c(N)cc1F. The van der Waals surface area contributed by atoms with Crippen molar-refractivity contribution in [3.63, 3.8) is 0 Å². The lowest BCUT2D eigenvalue weighted by Crippen LogP contribution is -2.30. The lowest BCUT2D eigenvalue weighted by molar-refractivity contribution is 0.102. The van der Waals surface area contributed by atoms with Crippen molar-refractivity contribution in [2.75, 3.05) is 17.7 Å². The molecule has 2 saturated heterocycles. The van der Waals surface area contributed by atoms with Gasteiger partial charge in [-0.3, -0.25) is 0 Å². The molecule has 4 nitrogen and oxygen atoms in total. The number of rotatable bonds is 4. The van der Waals surface area contributed by atoms with E-state index in [2.05, 4.69) is 5.32 Å². The van der Waals surface area contributed by atoms with Gasteiger partial charge in [-0.05, 0) is 26.2 Å². The van der Waals surface area contributed by atoms with E-state index in [9.17, 15) is 4.39 Å². The zero-order valence-corrected chi connectivity index (χ0v) is 11.0. The second-order valence-corrected chi connectivity index (χ2v) is 5.16. The molecule has 3 rings (SSSR count). The van der Waals surface area contributed by atoms with Crippen molar-refractivity contribution in [1.29, 1.82) is 0 Å². The molecule has 104 valence electrons. The Morgan fingerprint density at radius 2 is 2.32 bits per heavy atom. The maximum Gasteiger partial charge on any atom is 0.167 e. The molecule has 5 heteroatoms. The average molecular weight is 266 g/mol. The van der Waals surface area contributed by atoms with E-state index in [1.807, 2.05) is 6.92 Å². The smallest absolute Gasteiger partial charge is 0.167 e. The first-order valence-corrected chi connectivity index (χ1v) is 6.81. The van der Waals surface area contributed by atoms with Gasteiger partial charge >= 0.3 is 0 Å². The van der Waals surface area contributed by atoms with Gasteiger partial charge in [0.05, 0.1) is 36.2 Å². The number of ether oxygens (including phenoxy) is 2. The molecule has 0 spiro atoms. The molecule has 2 bridgehead atoms. The van der Waals surface area contributed by atoms with Crippen LogP contribution in [0.2, 0.25) is 0 Å². The second kappa shape index (κ2) is 4.89. The molecule has 0 saturated carbocycles. The summed E-state index contributed by atoms with van der Waals surface area (Å²) in [4.78, 5) is 0. The first kappa shape index (κ1) is 12.5. The fraction of sp³-hybridized carbons (Fsp3) is 0.571. The zero-order valence-electron chi connectivity index (χ0n) is 11.0. The van der Waals surface area contributed by atoms with Gasteiger partial charge in [0.1, 0.15) is 0 Å². The van der Waals surface area contributed by atoms with Crippen molar-refractivity contribution < 1.29 is 13.9 Å². The largest absolute Gasteiger partial charge is 0.491 e. The highest BCUT2D eigenvalue weighted by molar-refractivity contribution is 5.69. The number of hydrogen-bond acceptors (Lipinski definition) is 4. The van der Waals surface area contributed by atoms with Crippen molar-refractivity contribution in [3.8, 4) is 5.75 Å². The summed E-state index contributed by atoms with van der Waals surface area (Å²) >= 11 is 0. The number of nitrogen functional groups attached to an aromatic ring is 1. The summed E-state index contributed by atoms with van der Waals surface area (Å²) in [6.07, 6.45) is 3.85. The Balaban J connectivity index is 1.78. The highest BCUT2D eigenvalue weighted by atomic mass is 19.1. The fourth-order valence-corrected chi connectivity index (χ4v) is 2.95. The molecule has 0 aromatic heterocycles. The van der Waals surface area contributed by atoms with Gasteiger partial charge < -0.3 is 20.5 Å². The first-order valence-electron chi connectivity index (χ1n) is 6.81. The van der Waals surface area contributed by atoms with Crippen LogP contribution in [0, 0.1) is 5.82 Å². The van der Waals surface area contributed by atoms with Crippen molar-refractivity contribution in [2.24, 2.45) is 0 Å². The summed E-state index contributed by atoms with van der Waals surface area (Å²) in [5, 5.41) is 3.37. The number of halogens is 1. The van der Waals surface area contributed by atoms with Crippen LogP contribution in [0.15, 0.2) is 12.1 Å². The van der Waals surface area contributed by atoms with Crippen LogP contribution in [0.5, 0.6) is 5.75 Å². The van der Waals surface area contributed by atoms with Gasteiger partial charge in [0.25, 0.3) is 0 Å². The third-order valence-corrected chi connectivity index (χ3v) is 3.85. The predicted molar refractivity (Wildman–Crippen MR) is 71.9 cm³/mol. The van der Waals surface area contributed by atoms with E-state index in [1.165, 1.54) is 6.07 Å². The van der Waals surface area contributed by atoms with E-state index in [1.54, 1.807) is 6.07 Å². The molecule has 2 aliphatic heterocycles. The van der Waals surface area contributed by atoms with E-state index < -0.39 is 5.82 Å². The van der Waals surface area contributed by atoms with E-state index in [4.69, 9.17) is 15.2 Å². The molecular weight excluding hydrogens is 247 g/mol. The Labute approximate surface area is 112 Å². The number of hydrogen-bond donors (Lipinski definition) is 2. The number of anilines is 2. The number of nitrogens with two attached hydrogens (primary N) is 1. The molecule has 0 aliphatic carbocycles. The molecule has 2 heterocycles. The number of nitrogens with one attached hydrogen (secondary N) is 1. The highest BCUT2D eigenvalue weighted by Gasteiger charge is 2.40. The standard InChI is InChI=1S/C14H19FN2O2/c1-2-18-14-7-11(10(16)6-9(14)15)17-12-5-8-3-4-13(12)19-8/h6-8,12-13,17H,2-5,16H2,1H3. The summed E-state index contributed by atoms with van der Waals surface area (Å²) in [6, 6.07) is 3.21. The van der Waals surface area contributed by atoms with E-state index in [-0.39, 0.29) is 17.9 Å². The van der Waals surface area contributed by atoms with Crippen molar-refractivity contribution in [1.82, 2.24) is 0 Å². The Kier molecular flexibility index (Phi) is 3.22. The van der Waals surface area contributed by atoms with Gasteiger partial charge in [-0.2, -0.15) is 0 Å². The average Bonchev–Trinajstić information content (AvgIpc) is 2.97. The molecule has 19 heavy (non-hydrogen) atoms. The number of fused-ring (bicyclic) bond motifs is 2. The molecule has 0 radical (unpaired) electrons. The summed E-state index contributed by atoms with van der Waals surface area (Å²) in [5.41, 5.74) is 7.00. The quantitative estimate of drug-likeness (QED) is 0.822. The minimum absolute atomic E-state index is 0.239. The van der Waals surface area contributed by atoms with E-state index >= 15 is 0 Å². The summed E-state index contributed by atoms with van der Waals surface area (Å²) in [7, 11) is 0. The normalized spacial score (nSPS) is 28.6. The second-order valence-electron chi connectivity index (χ2n) is 5.16. The summed E-state index contributed by atoms with van der Waals surface area (Å²) < 4.78 is 24.7. The lowest BCUT2D eigenvalue weighted by atomic mass is 9.95. The number of benzene rings is 1. The minimum Gasteiger partial charge on any atom is -0.491 e. The van der Waals surface area contributed by atoms with E-state index in [0.717, 1.165) is 24.9 Å². The molecule has 3 N–H and O–H groups in total. The van der Waals surface area contributed by atoms with Crippen LogP contribution in [-0.4, -0.2) is 24.9 Å². The molecule has 0 amide bonds. The third-order valence-electron chi connectivity index (χ3n) is 3.85. The van der Waals surface area contributed by atoms with Crippen molar-refractivity contribution in [2.45, 2.75) is 44.4 Å². The van der Waals surface area contributed by atoms with Crippen molar-refractivity contribution in [3.05, 3.63) is 17.9 Å². The third kappa shape index (κ3) is 2.34. The zero-order chi connectivity index (χ0) is 13.4. The molecule has 2 fully saturated rings. The molecule has 1 aromatic carbocycles. The molecule has 2 aliphatic rings. The van der Waals surface area contributed by atoms with Gasteiger partial charge in [-0.15, -0.1) is 0 Å². The van der Waals surface area contributed by atoms with Gasteiger partial charge in [-0.1, -0.05) is 0 Å². The van der Waals surface area contributed by atoms with Crippen LogP contribution < -0.4 is 15.8 Å². The monoisotopic (exact) mass is 266 g/mol. The van der Waals surface area contributed by atoms with Gasteiger partial charge in [0, 0.05) is 12.1 Å². The maximum absolute atomic E-state index is 13.6. The van der Waals surface area contributed by atoms with Crippen molar-refractivity contribution >= 4 is 11.4 Å². The Morgan fingerprint density at radius 1 is 1.47 bits per heavy atom. The topological polar surface area (TPSA) is 56.5 Å². The Morgan fingerprint density at radius 3 is 2.95 bits per heavy atom. The summed E-state index contributed by atoms with van der Waals surface area (Å²) in [5.74, 6) is -0.183. The molecule has 3 atom stereocenters. The van der Waals surface area contributed by atoms with Crippen LogP contribution in [-0.2, 0) is 4.74 Å². The predicted octanol–water partition coefficient (Wildman–Crippen LogP) is 2.54. The molecule has 1 aromatic rings. The van der Waals surface area contributed by atoms with Crippen LogP contribution in [0.3, 0.4) is 0 Å². The summed E-state index contributed by atoms with van der Waals surface area (Å²) in [6.45, 7) is 2.25. The van der Waals surface area contributed by atoms with Crippen LogP contribution in [0.4, 0.5) is 15.8 Å². The maximum atomic E-state index is 13.6.